The number of nitrogens with two attached hydrogens (primary N) is 1. The summed E-state index contributed by atoms with van der Waals surface area (Å²) in [5.74, 6) is 0.317. The molecule has 0 aliphatic heterocycles. The van der Waals surface area contributed by atoms with E-state index >= 15 is 0 Å². The van der Waals surface area contributed by atoms with Crippen molar-refractivity contribution in [3.8, 4) is 5.75 Å². The number of rotatable bonds is 4. The van der Waals surface area contributed by atoms with E-state index in [1.54, 1.807) is 0 Å². The van der Waals surface area contributed by atoms with Crippen LogP contribution in [0.2, 0.25) is 0 Å². The molecular weight excluding hydrogens is 288 g/mol. The molecule has 1 aromatic carbocycles. The molecule has 0 bridgehead atoms. The van der Waals surface area contributed by atoms with E-state index in [1.807, 2.05) is 13.0 Å². The van der Waals surface area contributed by atoms with E-state index in [0.717, 1.165) is 22.3 Å². The Morgan fingerprint density at radius 1 is 1.17 bits per heavy atom. The van der Waals surface area contributed by atoms with Crippen LogP contribution in [0, 0.1) is 6.92 Å². The van der Waals surface area contributed by atoms with E-state index in [0.29, 0.717) is 25.3 Å². The lowest BCUT2D eigenvalue weighted by Crippen LogP contribution is -2.31. The van der Waals surface area contributed by atoms with Crippen molar-refractivity contribution in [2.75, 3.05) is 13.1 Å². The lowest BCUT2D eigenvalue weighted by Gasteiger charge is -2.30. The van der Waals surface area contributed by atoms with Gasteiger partial charge in [0.05, 0.1) is 6.42 Å². The van der Waals surface area contributed by atoms with Gasteiger partial charge in [-0.25, -0.2) is 0 Å². The van der Waals surface area contributed by atoms with Gasteiger partial charge in [0.1, 0.15) is 5.75 Å². The van der Waals surface area contributed by atoms with Crippen molar-refractivity contribution in [1.29, 1.82) is 0 Å². The number of nitrogens with one attached hydrogen (secondary N) is 1. The van der Waals surface area contributed by atoms with Crippen LogP contribution < -0.4 is 11.1 Å². The maximum Gasteiger partial charge on any atom is 0.224 e. The summed E-state index contributed by atoms with van der Waals surface area (Å²) in [6.45, 7) is 15.4. The number of hydrogen-bond donors (Lipinski definition) is 3. The number of carbonyl (C=O) groups is 1. The minimum atomic E-state index is -0.197. The standard InChI is InChI=1S/C19H32N2O2/c1-12-13(11-15(22)21-9-8-20)10-14(18(2,3)4)17(23)16(12)19(5,6)7/h10,23H,8-9,11,20H2,1-7H3,(H,21,22). The zero-order chi connectivity index (χ0) is 18.0. The van der Waals surface area contributed by atoms with Crippen LogP contribution in [0.1, 0.15) is 63.8 Å². The highest BCUT2D eigenvalue weighted by Gasteiger charge is 2.29. The third-order valence-corrected chi connectivity index (χ3v) is 4.04. The normalized spacial score (nSPS) is 12.3. The van der Waals surface area contributed by atoms with Gasteiger partial charge in [-0.2, -0.15) is 0 Å². The number of carbonyl (C=O) groups excluding carboxylic acids is 1. The molecule has 23 heavy (non-hydrogen) atoms. The van der Waals surface area contributed by atoms with E-state index in [9.17, 15) is 9.90 Å². The van der Waals surface area contributed by atoms with Gasteiger partial charge in [0.25, 0.3) is 0 Å². The van der Waals surface area contributed by atoms with Gasteiger partial charge >= 0.3 is 0 Å². The van der Waals surface area contributed by atoms with Crippen molar-refractivity contribution >= 4 is 5.91 Å². The minimum Gasteiger partial charge on any atom is -0.507 e. The summed E-state index contributed by atoms with van der Waals surface area (Å²) in [4.78, 5) is 12.1. The molecule has 0 aliphatic carbocycles. The first-order valence-electron chi connectivity index (χ1n) is 8.22. The molecule has 4 N–H and O–H groups in total. The summed E-state index contributed by atoms with van der Waals surface area (Å²) in [5.41, 5.74) is 8.81. The smallest absolute Gasteiger partial charge is 0.224 e. The third-order valence-electron chi connectivity index (χ3n) is 4.04. The molecule has 130 valence electrons. The van der Waals surface area contributed by atoms with E-state index in [-0.39, 0.29) is 16.7 Å². The average Bonchev–Trinajstić information content (AvgIpc) is 2.36. The number of phenols is 1. The molecule has 0 aliphatic rings. The highest BCUT2D eigenvalue weighted by Crippen LogP contribution is 2.42. The van der Waals surface area contributed by atoms with Crippen molar-refractivity contribution in [3.63, 3.8) is 0 Å². The van der Waals surface area contributed by atoms with Crippen LogP contribution in [0.15, 0.2) is 6.07 Å². The van der Waals surface area contributed by atoms with Crippen LogP contribution in [0.3, 0.4) is 0 Å². The van der Waals surface area contributed by atoms with Gasteiger partial charge < -0.3 is 16.2 Å². The number of benzene rings is 1. The first-order chi connectivity index (χ1) is 10.4. The Morgan fingerprint density at radius 3 is 2.17 bits per heavy atom. The molecule has 1 rings (SSSR count). The van der Waals surface area contributed by atoms with Gasteiger partial charge in [0.15, 0.2) is 0 Å². The van der Waals surface area contributed by atoms with Crippen molar-refractivity contribution in [3.05, 3.63) is 28.3 Å². The second kappa shape index (κ2) is 6.91. The molecule has 0 spiro atoms. The number of aromatic hydroxyl groups is 1. The summed E-state index contributed by atoms with van der Waals surface area (Å²) in [6, 6.07) is 1.97. The molecule has 0 heterocycles. The Labute approximate surface area is 140 Å². The quantitative estimate of drug-likeness (QED) is 0.798. The molecule has 4 nitrogen and oxygen atoms in total. The van der Waals surface area contributed by atoms with Crippen molar-refractivity contribution < 1.29 is 9.90 Å². The lowest BCUT2D eigenvalue weighted by molar-refractivity contribution is -0.120. The molecule has 4 heteroatoms. The summed E-state index contributed by atoms with van der Waals surface area (Å²) < 4.78 is 0. The zero-order valence-corrected chi connectivity index (χ0v) is 15.6. The number of amides is 1. The van der Waals surface area contributed by atoms with Gasteiger partial charge in [0, 0.05) is 18.7 Å². The predicted octanol–water partition coefficient (Wildman–Crippen LogP) is 2.91. The summed E-state index contributed by atoms with van der Waals surface area (Å²) >= 11 is 0. The predicted molar refractivity (Wildman–Crippen MR) is 96.0 cm³/mol. The van der Waals surface area contributed by atoms with E-state index in [4.69, 9.17) is 5.73 Å². The molecule has 0 aromatic heterocycles. The summed E-state index contributed by atoms with van der Waals surface area (Å²) in [5, 5.41) is 13.6. The molecule has 1 amide bonds. The average molecular weight is 320 g/mol. The second-order valence-electron chi connectivity index (χ2n) is 8.25. The SMILES string of the molecule is Cc1c(CC(=O)NCCN)cc(C(C)(C)C)c(O)c1C(C)(C)C. The van der Waals surface area contributed by atoms with Gasteiger partial charge in [-0.3, -0.25) is 4.79 Å². The minimum absolute atomic E-state index is 0.0380. The lowest BCUT2D eigenvalue weighted by atomic mass is 9.75. The zero-order valence-electron chi connectivity index (χ0n) is 15.6. The Bertz CT molecular complexity index is 579. The molecular formula is C19H32N2O2. The monoisotopic (exact) mass is 320 g/mol. The van der Waals surface area contributed by atoms with E-state index in [2.05, 4.69) is 46.9 Å². The molecule has 0 atom stereocenters. The van der Waals surface area contributed by atoms with Crippen LogP contribution in [0.5, 0.6) is 5.75 Å². The first-order valence-corrected chi connectivity index (χ1v) is 8.22. The third kappa shape index (κ3) is 4.71. The summed E-state index contributed by atoms with van der Waals surface area (Å²) in [7, 11) is 0. The highest BCUT2D eigenvalue weighted by molar-refractivity contribution is 5.79. The second-order valence-corrected chi connectivity index (χ2v) is 8.25. The van der Waals surface area contributed by atoms with E-state index < -0.39 is 0 Å². The number of phenolic OH excluding ortho intramolecular Hbond substituents is 1. The molecule has 0 saturated carbocycles. The van der Waals surface area contributed by atoms with Gasteiger partial charge in [-0.05, 0) is 34.4 Å². The molecule has 0 radical (unpaired) electrons. The summed E-state index contributed by atoms with van der Waals surface area (Å²) in [6.07, 6.45) is 0.304. The highest BCUT2D eigenvalue weighted by atomic mass is 16.3. The molecule has 0 fully saturated rings. The van der Waals surface area contributed by atoms with Crippen LogP contribution in [-0.4, -0.2) is 24.1 Å². The van der Waals surface area contributed by atoms with Crippen molar-refractivity contribution in [1.82, 2.24) is 5.32 Å². The molecule has 0 saturated heterocycles. The first kappa shape index (κ1) is 19.5. The fraction of sp³-hybridized carbons (Fsp3) is 0.632. The number of hydrogen-bond acceptors (Lipinski definition) is 3. The Balaban J connectivity index is 3.44. The topological polar surface area (TPSA) is 75.4 Å². The Kier molecular flexibility index (Phi) is 5.86. The largest absolute Gasteiger partial charge is 0.507 e. The van der Waals surface area contributed by atoms with Crippen LogP contribution in [-0.2, 0) is 22.0 Å². The van der Waals surface area contributed by atoms with Gasteiger partial charge in [-0.15, -0.1) is 0 Å². The van der Waals surface area contributed by atoms with Gasteiger partial charge in [0.2, 0.25) is 5.91 Å². The van der Waals surface area contributed by atoms with Gasteiger partial charge in [-0.1, -0.05) is 47.6 Å². The van der Waals surface area contributed by atoms with Crippen LogP contribution in [0.4, 0.5) is 0 Å². The maximum absolute atomic E-state index is 12.1. The molecule has 0 unspecified atom stereocenters. The van der Waals surface area contributed by atoms with Crippen molar-refractivity contribution in [2.45, 2.75) is 65.7 Å². The molecule has 1 aromatic rings. The van der Waals surface area contributed by atoms with Crippen LogP contribution in [0.25, 0.3) is 0 Å². The fourth-order valence-corrected chi connectivity index (χ4v) is 2.94. The Hall–Kier alpha value is -1.55. The van der Waals surface area contributed by atoms with Crippen LogP contribution >= 0.6 is 0 Å². The Morgan fingerprint density at radius 2 is 1.74 bits per heavy atom. The fourth-order valence-electron chi connectivity index (χ4n) is 2.94. The van der Waals surface area contributed by atoms with Crippen molar-refractivity contribution in [2.24, 2.45) is 5.73 Å². The van der Waals surface area contributed by atoms with E-state index in [1.165, 1.54) is 0 Å². The maximum atomic E-state index is 12.1.